The molecule has 1 atom stereocenters. The predicted octanol–water partition coefficient (Wildman–Crippen LogP) is 6.39. The molecule has 0 saturated carbocycles. The van der Waals surface area contributed by atoms with Gasteiger partial charge in [0.2, 0.25) is 0 Å². The molecule has 0 bridgehead atoms. The van der Waals surface area contributed by atoms with Crippen molar-refractivity contribution in [2.75, 3.05) is 44.7 Å². The number of hydrogen-bond donors (Lipinski definition) is 1. The minimum Gasteiger partial charge on any atom is -0.496 e. The molecule has 1 aliphatic rings. The zero-order chi connectivity index (χ0) is 27.3. The van der Waals surface area contributed by atoms with E-state index in [1.165, 1.54) is 0 Å². The van der Waals surface area contributed by atoms with Crippen molar-refractivity contribution in [1.82, 2.24) is 10.2 Å². The minimum atomic E-state index is -4.88. The number of halogens is 6. The lowest BCUT2D eigenvalue weighted by Crippen LogP contribution is -2.49. The summed E-state index contributed by atoms with van der Waals surface area (Å²) in [5, 5.41) is 3.10. The fourth-order valence-electron chi connectivity index (χ4n) is 4.78. The Bertz CT molecular complexity index is 1160. The van der Waals surface area contributed by atoms with Crippen LogP contribution in [0.5, 0.6) is 5.75 Å². The highest BCUT2D eigenvalue weighted by molar-refractivity contribution is 5.46. The molecule has 0 aliphatic carbocycles. The highest BCUT2D eigenvalue weighted by Gasteiger charge is 2.37. The van der Waals surface area contributed by atoms with Crippen LogP contribution in [-0.4, -0.2) is 44.7 Å². The Labute approximate surface area is 217 Å². The molecule has 4 rings (SSSR count). The fourth-order valence-corrected chi connectivity index (χ4v) is 4.78. The summed E-state index contributed by atoms with van der Waals surface area (Å²) < 4.78 is 85.2. The SMILES string of the molecule is COc1ccccc1C(CNCc1cc(C(F)(F)F)cc(C(F)(F)F)c1)N1CCN(c2ccccc2)CC1. The number of rotatable bonds is 8. The molecule has 38 heavy (non-hydrogen) atoms. The summed E-state index contributed by atoms with van der Waals surface area (Å²) in [7, 11) is 1.57. The Morgan fingerprint density at radius 1 is 0.789 bits per heavy atom. The first-order valence-electron chi connectivity index (χ1n) is 12.2. The van der Waals surface area contributed by atoms with Gasteiger partial charge >= 0.3 is 12.4 Å². The number of ether oxygens (including phenoxy) is 1. The first kappa shape index (κ1) is 27.8. The van der Waals surface area contributed by atoms with Gasteiger partial charge in [0, 0.05) is 50.5 Å². The van der Waals surface area contributed by atoms with E-state index in [1.807, 2.05) is 42.5 Å². The molecule has 3 aromatic rings. The summed E-state index contributed by atoms with van der Waals surface area (Å²) in [5.74, 6) is 0.670. The Kier molecular flexibility index (Phi) is 8.52. The van der Waals surface area contributed by atoms with Gasteiger partial charge in [0.1, 0.15) is 5.75 Å². The normalized spacial score (nSPS) is 15.9. The number of alkyl halides is 6. The quantitative estimate of drug-likeness (QED) is 0.337. The molecule has 0 amide bonds. The van der Waals surface area contributed by atoms with Crippen LogP contribution in [0, 0.1) is 0 Å². The van der Waals surface area contributed by atoms with Crippen LogP contribution < -0.4 is 15.0 Å². The van der Waals surface area contributed by atoms with Gasteiger partial charge in [-0.25, -0.2) is 0 Å². The highest BCUT2D eigenvalue weighted by Crippen LogP contribution is 2.36. The van der Waals surface area contributed by atoms with Crippen molar-refractivity contribution in [2.45, 2.75) is 24.9 Å². The van der Waals surface area contributed by atoms with Crippen molar-refractivity contribution in [3.8, 4) is 5.75 Å². The van der Waals surface area contributed by atoms with Crippen LogP contribution in [-0.2, 0) is 18.9 Å². The van der Waals surface area contributed by atoms with Crippen molar-refractivity contribution >= 4 is 5.69 Å². The number of benzene rings is 3. The maximum absolute atomic E-state index is 13.3. The first-order valence-corrected chi connectivity index (χ1v) is 12.2. The van der Waals surface area contributed by atoms with Crippen LogP contribution in [0.1, 0.15) is 28.3 Å². The largest absolute Gasteiger partial charge is 0.496 e. The van der Waals surface area contributed by atoms with Crippen LogP contribution in [0.15, 0.2) is 72.8 Å². The second-order valence-electron chi connectivity index (χ2n) is 9.16. The number of anilines is 1. The first-order chi connectivity index (χ1) is 18.1. The highest BCUT2D eigenvalue weighted by atomic mass is 19.4. The van der Waals surface area contributed by atoms with Crippen LogP contribution in [0.4, 0.5) is 32.0 Å². The van der Waals surface area contributed by atoms with Gasteiger partial charge in [-0.15, -0.1) is 0 Å². The fraction of sp³-hybridized carbons (Fsp3) is 0.357. The molecule has 1 heterocycles. The summed E-state index contributed by atoms with van der Waals surface area (Å²) in [6.45, 7) is 3.16. The number of hydrogen-bond acceptors (Lipinski definition) is 4. The molecule has 204 valence electrons. The molecule has 1 unspecified atom stereocenters. The molecular weight excluding hydrogens is 508 g/mol. The maximum Gasteiger partial charge on any atom is 0.416 e. The summed E-state index contributed by atoms with van der Waals surface area (Å²) >= 11 is 0. The van der Waals surface area contributed by atoms with Gasteiger partial charge in [-0.3, -0.25) is 4.90 Å². The molecule has 1 saturated heterocycles. The van der Waals surface area contributed by atoms with Crippen LogP contribution in [0.3, 0.4) is 0 Å². The predicted molar refractivity (Wildman–Crippen MR) is 134 cm³/mol. The van der Waals surface area contributed by atoms with E-state index in [1.54, 1.807) is 7.11 Å². The third-order valence-electron chi connectivity index (χ3n) is 6.69. The standard InChI is InChI=1S/C28H29F6N3O/c1-38-26-10-6-5-9-24(26)25(37-13-11-36(12-14-37)23-7-3-2-4-8-23)19-35-18-20-15-21(27(29,30)31)17-22(16-20)28(32,33)34/h2-10,15-17,25,35H,11-14,18-19H2,1H3. The van der Waals surface area contributed by atoms with E-state index in [4.69, 9.17) is 4.74 Å². The van der Waals surface area contributed by atoms with Gasteiger partial charge in [-0.1, -0.05) is 36.4 Å². The summed E-state index contributed by atoms with van der Waals surface area (Å²) in [5.41, 5.74) is -0.690. The van der Waals surface area contributed by atoms with Crippen molar-refractivity contribution in [3.05, 3.63) is 95.1 Å². The van der Waals surface area contributed by atoms with Crippen molar-refractivity contribution in [1.29, 1.82) is 0 Å². The van der Waals surface area contributed by atoms with E-state index in [0.29, 0.717) is 12.3 Å². The molecular formula is C28H29F6N3O. The third kappa shape index (κ3) is 6.79. The van der Waals surface area contributed by atoms with E-state index >= 15 is 0 Å². The molecule has 1 aliphatic heterocycles. The maximum atomic E-state index is 13.3. The van der Waals surface area contributed by atoms with Crippen molar-refractivity contribution in [3.63, 3.8) is 0 Å². The summed E-state index contributed by atoms with van der Waals surface area (Å²) in [6.07, 6.45) is -9.76. The van der Waals surface area contributed by atoms with Crippen LogP contribution in [0.2, 0.25) is 0 Å². The average molecular weight is 538 g/mol. The Hall–Kier alpha value is -3.24. The molecule has 4 nitrogen and oxygen atoms in total. The molecule has 0 aromatic heterocycles. The van der Waals surface area contributed by atoms with Crippen LogP contribution >= 0.6 is 0 Å². The van der Waals surface area contributed by atoms with Crippen molar-refractivity contribution < 1.29 is 31.1 Å². The lowest BCUT2D eigenvalue weighted by Gasteiger charge is -2.41. The number of nitrogens with one attached hydrogen (secondary N) is 1. The number of para-hydroxylation sites is 2. The number of nitrogens with zero attached hydrogens (tertiary/aromatic N) is 2. The second kappa shape index (κ2) is 11.7. The minimum absolute atomic E-state index is 0.0835. The average Bonchev–Trinajstić information content (AvgIpc) is 2.91. The Morgan fingerprint density at radius 3 is 1.95 bits per heavy atom. The van der Waals surface area contributed by atoms with E-state index in [-0.39, 0.29) is 24.2 Å². The van der Waals surface area contributed by atoms with E-state index in [0.717, 1.165) is 49.6 Å². The summed E-state index contributed by atoms with van der Waals surface area (Å²) in [6, 6.07) is 19.0. The van der Waals surface area contributed by atoms with Gasteiger partial charge in [-0.2, -0.15) is 26.3 Å². The number of piperazine rings is 1. The molecule has 0 radical (unpaired) electrons. The lowest BCUT2D eigenvalue weighted by molar-refractivity contribution is -0.143. The van der Waals surface area contributed by atoms with E-state index in [9.17, 15) is 26.3 Å². The van der Waals surface area contributed by atoms with Crippen LogP contribution in [0.25, 0.3) is 0 Å². The molecule has 1 fully saturated rings. The van der Waals surface area contributed by atoms with E-state index < -0.39 is 23.5 Å². The van der Waals surface area contributed by atoms with Gasteiger partial charge < -0.3 is 15.0 Å². The zero-order valence-corrected chi connectivity index (χ0v) is 20.8. The Morgan fingerprint density at radius 2 is 1.37 bits per heavy atom. The Balaban J connectivity index is 1.52. The second-order valence-corrected chi connectivity index (χ2v) is 9.16. The van der Waals surface area contributed by atoms with E-state index in [2.05, 4.69) is 27.2 Å². The van der Waals surface area contributed by atoms with Gasteiger partial charge in [-0.05, 0) is 42.0 Å². The summed E-state index contributed by atoms with van der Waals surface area (Å²) in [4.78, 5) is 4.54. The molecule has 10 heteroatoms. The number of methoxy groups -OCH3 is 1. The van der Waals surface area contributed by atoms with Gasteiger partial charge in [0.15, 0.2) is 0 Å². The monoisotopic (exact) mass is 537 g/mol. The zero-order valence-electron chi connectivity index (χ0n) is 20.8. The topological polar surface area (TPSA) is 27.7 Å². The van der Waals surface area contributed by atoms with Gasteiger partial charge in [0.05, 0.1) is 24.3 Å². The van der Waals surface area contributed by atoms with Gasteiger partial charge in [0.25, 0.3) is 0 Å². The van der Waals surface area contributed by atoms with Crippen molar-refractivity contribution in [2.24, 2.45) is 0 Å². The molecule has 0 spiro atoms. The molecule has 1 N–H and O–H groups in total. The lowest BCUT2D eigenvalue weighted by atomic mass is 10.0. The molecule has 3 aromatic carbocycles. The smallest absolute Gasteiger partial charge is 0.416 e. The third-order valence-corrected chi connectivity index (χ3v) is 6.69.